The van der Waals surface area contributed by atoms with E-state index in [0.717, 1.165) is 12.8 Å². The summed E-state index contributed by atoms with van der Waals surface area (Å²) in [5.74, 6) is -0.841. The molecule has 0 aromatic heterocycles. The van der Waals surface area contributed by atoms with Crippen LogP contribution in [-0.2, 0) is 20.5 Å². The average Bonchev–Trinajstić information content (AvgIpc) is 2.83. The van der Waals surface area contributed by atoms with Crippen LogP contribution < -0.4 is 4.72 Å². The molecule has 1 aliphatic rings. The number of benzene rings is 1. The van der Waals surface area contributed by atoms with Gasteiger partial charge in [-0.3, -0.25) is 0 Å². The summed E-state index contributed by atoms with van der Waals surface area (Å²) in [7, 11) is -3.51. The highest BCUT2D eigenvalue weighted by molar-refractivity contribution is 7.88. The van der Waals surface area contributed by atoms with E-state index in [1.807, 2.05) is 0 Å². The summed E-state index contributed by atoms with van der Waals surface area (Å²) in [6, 6.07) is 5.88. The van der Waals surface area contributed by atoms with Crippen LogP contribution in [0.25, 0.3) is 0 Å². The van der Waals surface area contributed by atoms with Gasteiger partial charge in [0.1, 0.15) is 5.82 Å². The maximum Gasteiger partial charge on any atom is 0.215 e. The molecule has 0 unspecified atom stereocenters. The van der Waals surface area contributed by atoms with Gasteiger partial charge in [0.05, 0.1) is 11.9 Å². The van der Waals surface area contributed by atoms with Crippen LogP contribution in [0.2, 0.25) is 0 Å². The van der Waals surface area contributed by atoms with Gasteiger partial charge in [-0.1, -0.05) is 18.2 Å². The van der Waals surface area contributed by atoms with Crippen LogP contribution in [0, 0.1) is 5.82 Å². The Morgan fingerprint density at radius 3 is 2.83 bits per heavy atom. The summed E-state index contributed by atoms with van der Waals surface area (Å²) in [6.45, 7) is 0.941. The summed E-state index contributed by atoms with van der Waals surface area (Å²) in [6.07, 6.45) is 1.77. The van der Waals surface area contributed by atoms with Gasteiger partial charge in [0.15, 0.2) is 0 Å². The first-order chi connectivity index (χ1) is 8.57. The van der Waals surface area contributed by atoms with Crippen molar-refractivity contribution in [2.45, 2.75) is 24.7 Å². The van der Waals surface area contributed by atoms with E-state index in [9.17, 15) is 12.8 Å². The van der Waals surface area contributed by atoms with Gasteiger partial charge in [-0.25, -0.2) is 17.5 Å². The molecule has 0 radical (unpaired) electrons. The summed E-state index contributed by atoms with van der Waals surface area (Å²) < 4.78 is 44.7. The molecule has 0 amide bonds. The zero-order chi connectivity index (χ0) is 13.0. The molecule has 2 rings (SSSR count). The Balaban J connectivity index is 1.92. The lowest BCUT2D eigenvalue weighted by Crippen LogP contribution is -2.32. The molecule has 1 heterocycles. The van der Waals surface area contributed by atoms with E-state index in [0.29, 0.717) is 6.61 Å². The van der Waals surface area contributed by atoms with Gasteiger partial charge >= 0.3 is 0 Å². The second-order valence-corrected chi connectivity index (χ2v) is 6.14. The number of hydrogen-bond acceptors (Lipinski definition) is 3. The fraction of sp³-hybridized carbons (Fsp3) is 0.500. The van der Waals surface area contributed by atoms with Gasteiger partial charge < -0.3 is 4.74 Å². The second kappa shape index (κ2) is 5.77. The van der Waals surface area contributed by atoms with Crippen molar-refractivity contribution < 1.29 is 17.5 Å². The summed E-state index contributed by atoms with van der Waals surface area (Å²) in [5, 5.41) is 0. The van der Waals surface area contributed by atoms with Gasteiger partial charge in [-0.15, -0.1) is 0 Å². The van der Waals surface area contributed by atoms with E-state index in [2.05, 4.69) is 4.72 Å². The van der Waals surface area contributed by atoms with E-state index >= 15 is 0 Å². The minimum atomic E-state index is -3.51. The Morgan fingerprint density at radius 2 is 2.17 bits per heavy atom. The predicted molar refractivity (Wildman–Crippen MR) is 66.0 cm³/mol. The molecule has 0 spiro atoms. The first-order valence-electron chi connectivity index (χ1n) is 5.89. The lowest BCUT2D eigenvalue weighted by atomic mass is 10.2. The third-order valence-electron chi connectivity index (χ3n) is 2.86. The smallest absolute Gasteiger partial charge is 0.215 e. The van der Waals surface area contributed by atoms with E-state index in [4.69, 9.17) is 4.74 Å². The van der Waals surface area contributed by atoms with Crippen LogP contribution in [-0.4, -0.2) is 27.7 Å². The molecular formula is C12H16FNO3S. The third kappa shape index (κ3) is 3.76. The number of ether oxygens (including phenoxy) is 1. The Bertz CT molecular complexity index is 498. The SMILES string of the molecule is O=S(=O)(Cc1ccccc1F)NC[C@H]1CCCO1. The summed E-state index contributed by atoms with van der Waals surface area (Å²) in [4.78, 5) is 0. The lowest BCUT2D eigenvalue weighted by molar-refractivity contribution is 0.114. The zero-order valence-electron chi connectivity index (χ0n) is 9.93. The summed E-state index contributed by atoms with van der Waals surface area (Å²) in [5.41, 5.74) is 0.178. The van der Waals surface area contributed by atoms with Crippen molar-refractivity contribution in [1.82, 2.24) is 4.72 Å². The quantitative estimate of drug-likeness (QED) is 0.883. The topological polar surface area (TPSA) is 55.4 Å². The molecule has 1 aromatic rings. The van der Waals surface area contributed by atoms with Crippen molar-refractivity contribution in [3.63, 3.8) is 0 Å². The van der Waals surface area contributed by atoms with Gasteiger partial charge in [0.25, 0.3) is 0 Å². The average molecular weight is 273 g/mol. The minimum Gasteiger partial charge on any atom is -0.377 e. The normalized spacial score (nSPS) is 20.2. The van der Waals surface area contributed by atoms with Crippen molar-refractivity contribution >= 4 is 10.0 Å². The Hall–Kier alpha value is -0.980. The number of halogens is 1. The highest BCUT2D eigenvalue weighted by Crippen LogP contribution is 2.13. The molecule has 0 saturated carbocycles. The van der Waals surface area contributed by atoms with E-state index in [1.54, 1.807) is 6.07 Å². The molecule has 0 aliphatic carbocycles. The van der Waals surface area contributed by atoms with Gasteiger partial charge in [0, 0.05) is 18.7 Å². The second-order valence-electron chi connectivity index (χ2n) is 4.33. The van der Waals surface area contributed by atoms with Crippen molar-refractivity contribution in [3.05, 3.63) is 35.6 Å². The number of sulfonamides is 1. The van der Waals surface area contributed by atoms with Crippen LogP contribution in [0.3, 0.4) is 0 Å². The van der Waals surface area contributed by atoms with Crippen molar-refractivity contribution in [3.8, 4) is 0 Å². The molecule has 18 heavy (non-hydrogen) atoms. The van der Waals surface area contributed by atoms with Gasteiger partial charge in [-0.05, 0) is 18.9 Å². The van der Waals surface area contributed by atoms with Crippen LogP contribution in [0.1, 0.15) is 18.4 Å². The number of rotatable bonds is 5. The standard InChI is InChI=1S/C12H16FNO3S/c13-12-6-2-1-4-10(12)9-18(15,16)14-8-11-5-3-7-17-11/h1-2,4,6,11,14H,3,5,7-9H2/t11-/m1/s1. The minimum absolute atomic E-state index is 0.0552. The van der Waals surface area contributed by atoms with Crippen LogP contribution >= 0.6 is 0 Å². The third-order valence-corrected chi connectivity index (χ3v) is 4.16. The molecule has 1 aliphatic heterocycles. The molecule has 6 heteroatoms. The van der Waals surface area contributed by atoms with Gasteiger partial charge in [0.2, 0.25) is 10.0 Å². The summed E-state index contributed by atoms with van der Waals surface area (Å²) >= 11 is 0. The lowest BCUT2D eigenvalue weighted by Gasteiger charge is -2.11. The fourth-order valence-electron chi connectivity index (χ4n) is 1.90. The Labute approximate surface area is 106 Å². The fourth-order valence-corrected chi connectivity index (χ4v) is 3.08. The molecule has 1 fully saturated rings. The van der Waals surface area contributed by atoms with E-state index in [1.165, 1.54) is 18.2 Å². The van der Waals surface area contributed by atoms with E-state index < -0.39 is 15.8 Å². The molecule has 0 bridgehead atoms. The molecular weight excluding hydrogens is 257 g/mol. The highest BCUT2D eigenvalue weighted by Gasteiger charge is 2.19. The van der Waals surface area contributed by atoms with Crippen molar-refractivity contribution in [2.24, 2.45) is 0 Å². The molecule has 1 aromatic carbocycles. The first-order valence-corrected chi connectivity index (χ1v) is 7.54. The van der Waals surface area contributed by atoms with Crippen LogP contribution in [0.5, 0.6) is 0 Å². The maximum atomic E-state index is 13.3. The largest absolute Gasteiger partial charge is 0.377 e. The number of nitrogens with one attached hydrogen (secondary N) is 1. The van der Waals surface area contributed by atoms with Crippen molar-refractivity contribution in [1.29, 1.82) is 0 Å². The maximum absolute atomic E-state index is 13.3. The van der Waals surface area contributed by atoms with Crippen LogP contribution in [0.15, 0.2) is 24.3 Å². The Morgan fingerprint density at radius 1 is 1.39 bits per heavy atom. The molecule has 4 nitrogen and oxygen atoms in total. The Kier molecular flexibility index (Phi) is 4.31. The van der Waals surface area contributed by atoms with Crippen molar-refractivity contribution in [2.75, 3.05) is 13.2 Å². The zero-order valence-corrected chi connectivity index (χ0v) is 10.7. The number of hydrogen-bond donors (Lipinski definition) is 1. The van der Waals surface area contributed by atoms with Gasteiger partial charge in [-0.2, -0.15) is 0 Å². The monoisotopic (exact) mass is 273 g/mol. The molecule has 1 N–H and O–H groups in total. The first kappa shape index (κ1) is 13.5. The predicted octanol–water partition coefficient (Wildman–Crippen LogP) is 1.42. The highest BCUT2D eigenvalue weighted by atomic mass is 32.2. The molecule has 100 valence electrons. The molecule has 1 atom stereocenters. The van der Waals surface area contributed by atoms with E-state index in [-0.39, 0.29) is 24.0 Å². The van der Waals surface area contributed by atoms with Crippen LogP contribution in [0.4, 0.5) is 4.39 Å². The molecule has 1 saturated heterocycles.